The molecule has 0 aliphatic rings. The predicted molar refractivity (Wildman–Crippen MR) is 42.1 cm³/mol. The number of halogens is 3. The zero-order valence-electron chi connectivity index (χ0n) is 6.37. The number of amides is 1. The van der Waals surface area contributed by atoms with Gasteiger partial charge in [0.1, 0.15) is 6.54 Å². The van der Waals surface area contributed by atoms with Crippen molar-refractivity contribution < 1.29 is 30.9 Å². The van der Waals surface area contributed by atoms with E-state index in [0.717, 1.165) is 0 Å². The van der Waals surface area contributed by atoms with Crippen molar-refractivity contribution in [2.45, 2.75) is 13.1 Å². The quantitative estimate of drug-likeness (QED) is 0.540. The van der Waals surface area contributed by atoms with Gasteiger partial charge >= 0.3 is 67.9 Å². The molecule has 0 bridgehead atoms. The van der Waals surface area contributed by atoms with E-state index in [9.17, 15) is 26.4 Å². The summed E-state index contributed by atoms with van der Waals surface area (Å²) in [6.07, 6.45) is -4.87. The van der Waals surface area contributed by atoms with Crippen molar-refractivity contribution in [3.63, 3.8) is 0 Å². The Morgan fingerprint density at radius 2 is 1.79 bits per heavy atom. The Morgan fingerprint density at radius 1 is 1.43 bits per heavy atom. The maximum absolute atomic E-state index is 11.6. The van der Waals surface area contributed by atoms with Gasteiger partial charge in [-0.1, -0.05) is 0 Å². The summed E-state index contributed by atoms with van der Waals surface area (Å²) >= 11 is 0. The number of carbonyl (C=O) groups excluding carboxylic acids is 1. The third-order valence-electron chi connectivity index (χ3n) is 0.953. The van der Waals surface area contributed by atoms with E-state index in [4.69, 9.17) is 4.55 Å². The molecule has 0 radical (unpaired) electrons. The van der Waals surface area contributed by atoms with Crippen LogP contribution in [0, 0.1) is 0 Å². The Balaban J connectivity index is 0. The fraction of sp³-hybridized carbons (Fsp3) is 0.750. The minimum atomic E-state index is -5.13. The summed E-state index contributed by atoms with van der Waals surface area (Å²) < 4.78 is 62.8. The molecule has 0 aliphatic carbocycles. The molecule has 1 amide bonds. The van der Waals surface area contributed by atoms with Gasteiger partial charge in [-0.2, -0.15) is 21.6 Å². The van der Waals surface area contributed by atoms with Gasteiger partial charge in [-0.05, 0) is 0 Å². The van der Waals surface area contributed by atoms with Crippen LogP contribution in [-0.4, -0.2) is 87.3 Å². The monoisotopic (exact) mass is 261 g/mol. The molecular formula is C4H7F3KNO4S. The van der Waals surface area contributed by atoms with Crippen LogP contribution in [-0.2, 0) is 15.1 Å². The van der Waals surface area contributed by atoms with Crippen molar-refractivity contribution in [3.05, 3.63) is 0 Å². The Hall–Kier alpha value is 0.806. The van der Waals surface area contributed by atoms with Crippen LogP contribution in [0.15, 0.2) is 0 Å². The van der Waals surface area contributed by atoms with Crippen LogP contribution in [0.25, 0.3) is 0 Å². The average molecular weight is 261 g/mol. The molecule has 0 saturated heterocycles. The molecule has 0 aliphatic heterocycles. The number of carbonyl (C=O) groups is 1. The number of hydrogen-bond acceptors (Lipinski definition) is 3. The molecule has 0 fully saturated rings. The molecule has 0 spiro atoms. The Kier molecular flexibility index (Phi) is 7.09. The first-order valence-electron chi connectivity index (χ1n) is 2.86. The SMILES string of the molecule is CC(=O)N(CC(F)(F)F)S(=O)(=O)O.[KH]. The van der Waals surface area contributed by atoms with E-state index in [1.165, 1.54) is 0 Å². The van der Waals surface area contributed by atoms with Gasteiger partial charge in [-0.15, -0.1) is 0 Å². The van der Waals surface area contributed by atoms with E-state index in [0.29, 0.717) is 6.92 Å². The van der Waals surface area contributed by atoms with Gasteiger partial charge in [0, 0.05) is 6.92 Å². The summed E-state index contributed by atoms with van der Waals surface area (Å²) in [4.78, 5) is 10.4. The van der Waals surface area contributed by atoms with Gasteiger partial charge in [-0.3, -0.25) is 9.35 Å². The normalized spacial score (nSPS) is 11.8. The summed E-state index contributed by atoms with van der Waals surface area (Å²) in [5.74, 6) is -1.40. The first kappa shape index (κ1) is 17.2. The molecule has 14 heavy (non-hydrogen) atoms. The van der Waals surface area contributed by atoms with Crippen molar-refractivity contribution in [2.24, 2.45) is 0 Å². The van der Waals surface area contributed by atoms with Gasteiger partial charge in [0.15, 0.2) is 0 Å². The van der Waals surface area contributed by atoms with Crippen LogP contribution in [0.3, 0.4) is 0 Å². The van der Waals surface area contributed by atoms with E-state index < -0.39 is 33.2 Å². The number of hydrogen-bond donors (Lipinski definition) is 1. The number of rotatable bonds is 2. The molecule has 80 valence electrons. The van der Waals surface area contributed by atoms with Crippen LogP contribution in [0.4, 0.5) is 13.2 Å². The standard InChI is InChI=1S/C4H6F3NO4S.K.H/c1-3(9)8(13(10,11)12)2-4(5,6)7;;/h2H2,1H3,(H,10,11,12);;. The van der Waals surface area contributed by atoms with Crippen molar-refractivity contribution in [3.8, 4) is 0 Å². The fourth-order valence-corrected chi connectivity index (χ4v) is 1.15. The van der Waals surface area contributed by atoms with Gasteiger partial charge in [0.2, 0.25) is 5.91 Å². The minimum absolute atomic E-state index is 0. The van der Waals surface area contributed by atoms with Crippen LogP contribution in [0.2, 0.25) is 0 Å². The fourth-order valence-electron chi connectivity index (χ4n) is 0.518. The van der Waals surface area contributed by atoms with Crippen molar-refractivity contribution in [2.75, 3.05) is 6.54 Å². The van der Waals surface area contributed by atoms with Crippen molar-refractivity contribution in [1.29, 1.82) is 0 Å². The third kappa shape index (κ3) is 7.14. The molecule has 0 saturated carbocycles. The number of alkyl halides is 3. The summed E-state index contributed by atoms with van der Waals surface area (Å²) in [6.45, 7) is -1.43. The summed E-state index contributed by atoms with van der Waals surface area (Å²) in [5.41, 5.74) is 0. The van der Waals surface area contributed by atoms with E-state index in [-0.39, 0.29) is 51.4 Å². The molecule has 0 rings (SSSR count). The van der Waals surface area contributed by atoms with Crippen LogP contribution in [0.5, 0.6) is 0 Å². The summed E-state index contributed by atoms with van der Waals surface area (Å²) in [5, 5.41) is 0. The molecule has 0 atom stereocenters. The Bertz CT molecular complexity index is 300. The van der Waals surface area contributed by atoms with Crippen molar-refractivity contribution >= 4 is 67.6 Å². The molecular weight excluding hydrogens is 254 g/mol. The van der Waals surface area contributed by atoms with Gasteiger partial charge in [-0.25, -0.2) is 4.31 Å². The van der Waals surface area contributed by atoms with Crippen LogP contribution >= 0.6 is 0 Å². The van der Waals surface area contributed by atoms with Crippen LogP contribution in [0.1, 0.15) is 6.92 Å². The Labute approximate surface area is 121 Å². The third-order valence-corrected chi connectivity index (χ3v) is 1.90. The molecule has 5 nitrogen and oxygen atoms in total. The van der Waals surface area contributed by atoms with E-state index in [2.05, 4.69) is 0 Å². The summed E-state index contributed by atoms with van der Waals surface area (Å²) in [6, 6.07) is 0. The molecule has 0 aromatic heterocycles. The molecule has 10 heteroatoms. The molecule has 1 N–H and O–H groups in total. The predicted octanol–water partition coefficient (Wildman–Crippen LogP) is -0.448. The zero-order chi connectivity index (χ0) is 10.9. The van der Waals surface area contributed by atoms with E-state index in [1.54, 1.807) is 0 Å². The zero-order valence-corrected chi connectivity index (χ0v) is 7.18. The summed E-state index contributed by atoms with van der Waals surface area (Å²) in [7, 11) is -5.13. The van der Waals surface area contributed by atoms with Gasteiger partial charge < -0.3 is 0 Å². The maximum atomic E-state index is 11.6. The second kappa shape index (κ2) is 5.77. The van der Waals surface area contributed by atoms with E-state index in [1.807, 2.05) is 0 Å². The van der Waals surface area contributed by atoms with Gasteiger partial charge in [0.25, 0.3) is 0 Å². The van der Waals surface area contributed by atoms with E-state index >= 15 is 0 Å². The molecule has 0 aromatic rings. The second-order valence-corrected chi connectivity index (χ2v) is 3.46. The first-order valence-corrected chi connectivity index (χ1v) is 4.26. The second-order valence-electron chi connectivity index (χ2n) is 2.12. The van der Waals surface area contributed by atoms with Crippen LogP contribution < -0.4 is 0 Å². The first-order chi connectivity index (χ1) is 5.54. The van der Waals surface area contributed by atoms with Crippen molar-refractivity contribution in [1.82, 2.24) is 4.31 Å². The number of nitrogens with zero attached hydrogens (tertiary/aromatic N) is 1. The molecule has 0 aromatic carbocycles. The Morgan fingerprint density at radius 3 is 1.86 bits per heavy atom. The van der Waals surface area contributed by atoms with Gasteiger partial charge in [0.05, 0.1) is 0 Å². The topological polar surface area (TPSA) is 74.7 Å². The average Bonchev–Trinajstić information content (AvgIpc) is 1.77. The molecule has 0 unspecified atom stereocenters. The molecule has 0 heterocycles.